The van der Waals surface area contributed by atoms with Gasteiger partial charge in [0.05, 0.1) is 0 Å². The summed E-state index contributed by atoms with van der Waals surface area (Å²) in [5.41, 5.74) is 0. The summed E-state index contributed by atoms with van der Waals surface area (Å²) < 4.78 is 0. The SMILES string of the molecule is CC.CC1CCC(=O)N1.[HH]. The van der Waals surface area contributed by atoms with Crippen LogP contribution < -0.4 is 5.32 Å². The maximum Gasteiger partial charge on any atom is 0.220 e. The van der Waals surface area contributed by atoms with Gasteiger partial charge in [-0.1, -0.05) is 13.8 Å². The number of nitrogens with one attached hydrogen (secondary N) is 1. The fourth-order valence-corrected chi connectivity index (χ4v) is 0.767. The number of carbonyl (C=O) groups excluding carboxylic acids is 1. The van der Waals surface area contributed by atoms with Gasteiger partial charge >= 0.3 is 0 Å². The first-order chi connectivity index (χ1) is 4.29. The molecule has 0 bridgehead atoms. The second-order valence-corrected chi connectivity index (χ2v) is 2.01. The highest BCUT2D eigenvalue weighted by Gasteiger charge is 2.14. The lowest BCUT2D eigenvalue weighted by atomic mass is 10.3. The average Bonchev–Trinajstić information content (AvgIpc) is 2.20. The average molecular weight is 131 g/mol. The van der Waals surface area contributed by atoms with Crippen LogP contribution in [0.1, 0.15) is 35.0 Å². The predicted molar refractivity (Wildman–Crippen MR) is 40.3 cm³/mol. The van der Waals surface area contributed by atoms with Crippen molar-refractivity contribution < 1.29 is 6.22 Å². The molecule has 0 aromatic carbocycles. The molecule has 1 heterocycles. The fraction of sp³-hybridized carbons (Fsp3) is 0.857. The number of carbonyl (C=O) groups is 1. The van der Waals surface area contributed by atoms with E-state index in [1.807, 2.05) is 20.8 Å². The molecule has 1 aliphatic rings. The number of rotatable bonds is 0. The van der Waals surface area contributed by atoms with Gasteiger partial charge in [-0.05, 0) is 13.3 Å². The van der Waals surface area contributed by atoms with Crippen LogP contribution in [0.4, 0.5) is 0 Å². The summed E-state index contributed by atoms with van der Waals surface area (Å²) >= 11 is 0. The van der Waals surface area contributed by atoms with Gasteiger partial charge in [0, 0.05) is 13.9 Å². The van der Waals surface area contributed by atoms with E-state index in [9.17, 15) is 4.79 Å². The zero-order chi connectivity index (χ0) is 7.28. The van der Waals surface area contributed by atoms with Crippen LogP contribution in [0.3, 0.4) is 0 Å². The van der Waals surface area contributed by atoms with Crippen LogP contribution in [0.15, 0.2) is 0 Å². The number of amides is 1. The molecule has 1 atom stereocenters. The maximum atomic E-state index is 10.3. The van der Waals surface area contributed by atoms with E-state index in [4.69, 9.17) is 0 Å². The van der Waals surface area contributed by atoms with E-state index in [0.29, 0.717) is 6.04 Å². The Kier molecular flexibility index (Phi) is 4.10. The molecule has 1 aliphatic heterocycles. The molecule has 1 fully saturated rings. The number of hydrogen-bond donors (Lipinski definition) is 1. The highest BCUT2D eigenvalue weighted by Crippen LogP contribution is 2.03. The summed E-state index contributed by atoms with van der Waals surface area (Å²) in [5.74, 6) is 0.201. The Morgan fingerprint density at radius 1 is 1.67 bits per heavy atom. The summed E-state index contributed by atoms with van der Waals surface area (Å²) in [6.45, 7) is 6.02. The van der Waals surface area contributed by atoms with Gasteiger partial charge < -0.3 is 5.32 Å². The second-order valence-electron chi connectivity index (χ2n) is 2.01. The normalized spacial score (nSPS) is 24.3. The van der Waals surface area contributed by atoms with Crippen molar-refractivity contribution in [3.05, 3.63) is 0 Å². The third-order valence-corrected chi connectivity index (χ3v) is 1.21. The van der Waals surface area contributed by atoms with Crippen LogP contribution >= 0.6 is 0 Å². The molecule has 9 heavy (non-hydrogen) atoms. The molecule has 56 valence electrons. The van der Waals surface area contributed by atoms with Crippen molar-refractivity contribution in [2.45, 2.75) is 39.7 Å². The summed E-state index contributed by atoms with van der Waals surface area (Å²) in [6, 6.07) is 0.424. The third kappa shape index (κ3) is 3.12. The molecule has 0 aromatic rings. The van der Waals surface area contributed by atoms with E-state index in [2.05, 4.69) is 5.32 Å². The Hall–Kier alpha value is -0.530. The molecule has 1 saturated heterocycles. The summed E-state index contributed by atoms with van der Waals surface area (Å²) in [5, 5.41) is 2.78. The lowest BCUT2D eigenvalue weighted by Gasteiger charge is -1.95. The molecule has 0 aliphatic carbocycles. The van der Waals surface area contributed by atoms with Gasteiger partial charge in [0.25, 0.3) is 0 Å². The largest absolute Gasteiger partial charge is 0.354 e. The smallest absolute Gasteiger partial charge is 0.220 e. The minimum atomic E-state index is 0. The van der Waals surface area contributed by atoms with E-state index >= 15 is 0 Å². The Balaban J connectivity index is 0. The van der Waals surface area contributed by atoms with Gasteiger partial charge in [-0.3, -0.25) is 4.79 Å². The molecule has 0 spiro atoms. The van der Waals surface area contributed by atoms with Gasteiger partial charge in [0.15, 0.2) is 0 Å². The molecule has 1 amide bonds. The minimum absolute atomic E-state index is 0. The highest BCUT2D eigenvalue weighted by atomic mass is 16.1. The van der Waals surface area contributed by atoms with Gasteiger partial charge in [-0.15, -0.1) is 0 Å². The van der Waals surface area contributed by atoms with Crippen LogP contribution in [0.2, 0.25) is 0 Å². The van der Waals surface area contributed by atoms with E-state index in [1.165, 1.54) is 0 Å². The van der Waals surface area contributed by atoms with Crippen molar-refractivity contribution >= 4 is 5.91 Å². The Morgan fingerprint density at radius 2 is 2.22 bits per heavy atom. The molecular weight excluding hydrogens is 114 g/mol. The first-order valence-corrected chi connectivity index (χ1v) is 3.58. The molecule has 2 heteroatoms. The molecule has 1 unspecified atom stereocenters. The van der Waals surface area contributed by atoms with Crippen molar-refractivity contribution in [2.24, 2.45) is 0 Å². The van der Waals surface area contributed by atoms with Crippen molar-refractivity contribution in [2.75, 3.05) is 0 Å². The fourth-order valence-electron chi connectivity index (χ4n) is 0.767. The topological polar surface area (TPSA) is 29.1 Å². The molecule has 0 aromatic heterocycles. The first kappa shape index (κ1) is 8.47. The Labute approximate surface area is 58.1 Å². The molecule has 0 radical (unpaired) electrons. The van der Waals surface area contributed by atoms with Crippen molar-refractivity contribution in [3.8, 4) is 0 Å². The van der Waals surface area contributed by atoms with Crippen LogP contribution in [-0.2, 0) is 4.79 Å². The lowest BCUT2D eigenvalue weighted by molar-refractivity contribution is -0.119. The summed E-state index contributed by atoms with van der Waals surface area (Å²) in [7, 11) is 0. The van der Waals surface area contributed by atoms with Crippen molar-refractivity contribution in [1.82, 2.24) is 5.32 Å². The number of hydrogen-bond acceptors (Lipinski definition) is 1. The zero-order valence-electron chi connectivity index (χ0n) is 6.40. The van der Waals surface area contributed by atoms with Gasteiger partial charge in [-0.25, -0.2) is 0 Å². The predicted octanol–water partition coefficient (Wildman–Crippen LogP) is 1.56. The van der Waals surface area contributed by atoms with E-state index < -0.39 is 0 Å². The summed E-state index contributed by atoms with van der Waals surface area (Å²) in [4.78, 5) is 10.3. The Morgan fingerprint density at radius 3 is 2.33 bits per heavy atom. The van der Waals surface area contributed by atoms with Crippen molar-refractivity contribution in [1.29, 1.82) is 0 Å². The van der Waals surface area contributed by atoms with E-state index in [1.54, 1.807) is 0 Å². The first-order valence-electron chi connectivity index (χ1n) is 3.58. The van der Waals surface area contributed by atoms with E-state index in [-0.39, 0.29) is 7.33 Å². The quantitative estimate of drug-likeness (QED) is 0.531. The molecule has 1 rings (SSSR count). The second kappa shape index (κ2) is 4.36. The Bertz CT molecular complexity index is 95.6. The van der Waals surface area contributed by atoms with Gasteiger partial charge in [0.2, 0.25) is 5.91 Å². The third-order valence-electron chi connectivity index (χ3n) is 1.21. The standard InChI is InChI=1S/C5H9NO.C2H6.H2/c1-4-2-3-5(7)6-4;1-2;/h4H,2-3H2,1H3,(H,6,7);1-2H3;1H. The van der Waals surface area contributed by atoms with Crippen LogP contribution in [-0.4, -0.2) is 11.9 Å². The molecule has 0 saturated carbocycles. The zero-order valence-corrected chi connectivity index (χ0v) is 6.40. The monoisotopic (exact) mass is 131 g/mol. The van der Waals surface area contributed by atoms with Crippen molar-refractivity contribution in [3.63, 3.8) is 0 Å². The maximum absolute atomic E-state index is 10.3. The molecule has 2 nitrogen and oxygen atoms in total. The molecule has 1 N–H and O–H groups in total. The summed E-state index contributed by atoms with van der Waals surface area (Å²) in [6.07, 6.45) is 1.74. The molecular formula is C7H17NO. The van der Waals surface area contributed by atoms with E-state index in [0.717, 1.165) is 12.8 Å². The lowest BCUT2D eigenvalue weighted by Crippen LogP contribution is -2.21. The highest BCUT2D eigenvalue weighted by molar-refractivity contribution is 5.78. The van der Waals surface area contributed by atoms with Gasteiger partial charge in [0.1, 0.15) is 0 Å². The van der Waals surface area contributed by atoms with Gasteiger partial charge in [-0.2, -0.15) is 0 Å². The van der Waals surface area contributed by atoms with Crippen LogP contribution in [0, 0.1) is 0 Å². The van der Waals surface area contributed by atoms with Crippen LogP contribution in [0.25, 0.3) is 0 Å². The van der Waals surface area contributed by atoms with Crippen LogP contribution in [0.5, 0.6) is 0 Å². The minimum Gasteiger partial charge on any atom is -0.354 e.